The number of amides is 1. The minimum atomic E-state index is -3.41. The molecule has 1 aromatic rings. The van der Waals surface area contributed by atoms with Gasteiger partial charge in [0.15, 0.2) is 9.84 Å². The Morgan fingerprint density at radius 2 is 1.79 bits per heavy atom. The van der Waals surface area contributed by atoms with Gasteiger partial charge in [-0.1, -0.05) is 30.3 Å². The Kier molecular flexibility index (Phi) is 4.94. The minimum absolute atomic E-state index is 0.0769. The van der Waals surface area contributed by atoms with E-state index in [9.17, 15) is 18.0 Å². The SMILES string of the molecule is C/C(=N\NC(=O)CS(C)(=O)=O)C(=O)c1ccccc1. The van der Waals surface area contributed by atoms with Gasteiger partial charge in [0.2, 0.25) is 5.78 Å². The summed E-state index contributed by atoms with van der Waals surface area (Å²) in [5, 5.41) is 3.59. The van der Waals surface area contributed by atoms with Crippen LogP contribution >= 0.6 is 0 Å². The number of carbonyl (C=O) groups excluding carboxylic acids is 2. The van der Waals surface area contributed by atoms with Gasteiger partial charge in [0, 0.05) is 11.8 Å². The van der Waals surface area contributed by atoms with Crippen molar-refractivity contribution in [3.05, 3.63) is 35.9 Å². The number of nitrogens with one attached hydrogen (secondary N) is 1. The Hall–Kier alpha value is -2.02. The maximum atomic E-state index is 11.8. The molecule has 0 bridgehead atoms. The largest absolute Gasteiger partial charge is 0.287 e. The van der Waals surface area contributed by atoms with E-state index in [2.05, 4.69) is 5.10 Å². The lowest BCUT2D eigenvalue weighted by molar-refractivity contribution is -0.118. The van der Waals surface area contributed by atoms with Crippen molar-refractivity contribution in [2.24, 2.45) is 5.10 Å². The maximum Gasteiger partial charge on any atom is 0.255 e. The molecule has 1 amide bonds. The van der Waals surface area contributed by atoms with Crippen LogP contribution in [0.3, 0.4) is 0 Å². The van der Waals surface area contributed by atoms with Gasteiger partial charge in [-0.05, 0) is 6.92 Å². The van der Waals surface area contributed by atoms with Crippen molar-refractivity contribution in [2.45, 2.75) is 6.92 Å². The lowest BCUT2D eigenvalue weighted by atomic mass is 10.1. The second-order valence-electron chi connectivity index (χ2n) is 4.00. The highest BCUT2D eigenvalue weighted by Gasteiger charge is 2.12. The molecule has 0 aromatic heterocycles. The number of rotatable bonds is 5. The summed E-state index contributed by atoms with van der Waals surface area (Å²) in [4.78, 5) is 23.1. The molecule has 102 valence electrons. The molecule has 1 aromatic carbocycles. The maximum absolute atomic E-state index is 11.8. The van der Waals surface area contributed by atoms with Crippen LogP contribution in [0.4, 0.5) is 0 Å². The average Bonchev–Trinajstić information content (AvgIpc) is 2.34. The molecule has 0 aliphatic rings. The molecule has 0 radical (unpaired) electrons. The van der Waals surface area contributed by atoms with E-state index in [0.29, 0.717) is 5.56 Å². The third-order valence-corrected chi connectivity index (χ3v) is 2.89. The minimum Gasteiger partial charge on any atom is -0.287 e. The Morgan fingerprint density at radius 1 is 1.21 bits per heavy atom. The van der Waals surface area contributed by atoms with E-state index in [-0.39, 0.29) is 11.5 Å². The average molecular weight is 282 g/mol. The molecular formula is C12H14N2O4S. The van der Waals surface area contributed by atoms with Gasteiger partial charge < -0.3 is 0 Å². The summed E-state index contributed by atoms with van der Waals surface area (Å²) >= 11 is 0. The number of hydrazone groups is 1. The number of nitrogens with zero attached hydrogens (tertiary/aromatic N) is 1. The zero-order valence-corrected chi connectivity index (χ0v) is 11.4. The molecule has 0 spiro atoms. The van der Waals surface area contributed by atoms with Crippen LogP contribution in [0.5, 0.6) is 0 Å². The molecule has 1 N–H and O–H groups in total. The first-order valence-corrected chi connectivity index (χ1v) is 7.46. The molecule has 0 aliphatic heterocycles. The normalized spacial score (nSPS) is 12.0. The van der Waals surface area contributed by atoms with Crippen molar-refractivity contribution in [1.29, 1.82) is 0 Å². The van der Waals surface area contributed by atoms with Gasteiger partial charge in [-0.15, -0.1) is 0 Å². The molecule has 1 rings (SSSR count). The molecule has 0 saturated heterocycles. The highest BCUT2D eigenvalue weighted by atomic mass is 32.2. The fourth-order valence-electron chi connectivity index (χ4n) is 1.27. The highest BCUT2D eigenvalue weighted by molar-refractivity contribution is 7.91. The first kappa shape index (κ1) is 15.0. The van der Waals surface area contributed by atoms with Gasteiger partial charge in [-0.3, -0.25) is 9.59 Å². The van der Waals surface area contributed by atoms with Crippen molar-refractivity contribution in [1.82, 2.24) is 5.43 Å². The van der Waals surface area contributed by atoms with Crippen LogP contribution in [-0.2, 0) is 14.6 Å². The Bertz CT molecular complexity index is 606. The fraction of sp³-hybridized carbons (Fsp3) is 0.250. The van der Waals surface area contributed by atoms with Crippen LogP contribution in [-0.4, -0.2) is 37.8 Å². The van der Waals surface area contributed by atoms with E-state index in [0.717, 1.165) is 6.26 Å². The van der Waals surface area contributed by atoms with E-state index in [1.165, 1.54) is 6.92 Å². The first-order chi connectivity index (χ1) is 8.79. The first-order valence-electron chi connectivity index (χ1n) is 5.40. The van der Waals surface area contributed by atoms with Crippen molar-refractivity contribution >= 4 is 27.2 Å². The standard InChI is InChI=1S/C12H14N2O4S/c1-9(12(16)10-6-4-3-5-7-10)13-14-11(15)8-19(2,17)18/h3-7H,8H2,1-2H3,(H,14,15)/b13-9+. The van der Waals surface area contributed by atoms with Gasteiger partial charge in [0.25, 0.3) is 5.91 Å². The van der Waals surface area contributed by atoms with Crippen molar-refractivity contribution in [2.75, 3.05) is 12.0 Å². The van der Waals surface area contributed by atoms with Crippen LogP contribution in [0.25, 0.3) is 0 Å². The van der Waals surface area contributed by atoms with Gasteiger partial charge in [-0.2, -0.15) is 5.10 Å². The second-order valence-corrected chi connectivity index (χ2v) is 6.14. The molecule has 0 fully saturated rings. The van der Waals surface area contributed by atoms with Crippen LogP contribution < -0.4 is 5.43 Å². The predicted octanol–water partition coefficient (Wildman–Crippen LogP) is 0.406. The molecule has 19 heavy (non-hydrogen) atoms. The summed E-state index contributed by atoms with van der Waals surface area (Å²) in [5.41, 5.74) is 2.56. The zero-order valence-electron chi connectivity index (χ0n) is 10.6. The number of hydrogen-bond acceptors (Lipinski definition) is 5. The predicted molar refractivity (Wildman–Crippen MR) is 71.7 cm³/mol. The molecular weight excluding hydrogens is 268 g/mol. The van der Waals surface area contributed by atoms with Gasteiger partial charge in [0.1, 0.15) is 11.5 Å². The lowest BCUT2D eigenvalue weighted by Crippen LogP contribution is -2.27. The summed E-state index contributed by atoms with van der Waals surface area (Å²) in [5.74, 6) is -1.77. The fourth-order valence-corrected chi connectivity index (χ4v) is 1.81. The summed E-state index contributed by atoms with van der Waals surface area (Å²) in [6.07, 6.45) is 0.943. The number of sulfone groups is 1. The van der Waals surface area contributed by atoms with Crippen molar-refractivity contribution in [3.63, 3.8) is 0 Å². The number of Topliss-reactive ketones (excluding diaryl/α,β-unsaturated/α-hetero) is 1. The van der Waals surface area contributed by atoms with Crippen molar-refractivity contribution in [3.8, 4) is 0 Å². The van der Waals surface area contributed by atoms with E-state index in [4.69, 9.17) is 0 Å². The van der Waals surface area contributed by atoms with Crippen LogP contribution in [0.1, 0.15) is 17.3 Å². The smallest absolute Gasteiger partial charge is 0.255 e. The third kappa shape index (κ3) is 5.43. The topological polar surface area (TPSA) is 92.7 Å². The number of hydrogen-bond donors (Lipinski definition) is 1. The van der Waals surface area contributed by atoms with E-state index >= 15 is 0 Å². The van der Waals surface area contributed by atoms with E-state index < -0.39 is 21.5 Å². The lowest BCUT2D eigenvalue weighted by Gasteiger charge is -2.01. The molecule has 0 unspecified atom stereocenters. The third-order valence-electron chi connectivity index (χ3n) is 2.11. The molecule has 0 atom stereocenters. The number of benzene rings is 1. The van der Waals surface area contributed by atoms with Crippen LogP contribution in [0.2, 0.25) is 0 Å². The van der Waals surface area contributed by atoms with E-state index in [1.807, 2.05) is 5.43 Å². The monoisotopic (exact) mass is 282 g/mol. The van der Waals surface area contributed by atoms with Crippen molar-refractivity contribution < 1.29 is 18.0 Å². The molecule has 0 aliphatic carbocycles. The Labute approximate surface area is 111 Å². The molecule has 6 nitrogen and oxygen atoms in total. The molecule has 0 heterocycles. The summed E-state index contributed by atoms with van der Waals surface area (Å²) in [6.45, 7) is 1.44. The van der Waals surface area contributed by atoms with E-state index in [1.54, 1.807) is 30.3 Å². The molecule has 7 heteroatoms. The highest BCUT2D eigenvalue weighted by Crippen LogP contribution is 2.01. The van der Waals surface area contributed by atoms with Gasteiger partial charge in [-0.25, -0.2) is 13.8 Å². The number of ketones is 1. The van der Waals surface area contributed by atoms with Gasteiger partial charge in [0.05, 0.1) is 0 Å². The Morgan fingerprint density at radius 3 is 2.32 bits per heavy atom. The van der Waals surface area contributed by atoms with Crippen LogP contribution in [0, 0.1) is 0 Å². The summed E-state index contributed by atoms with van der Waals surface area (Å²) < 4.78 is 21.7. The quantitative estimate of drug-likeness (QED) is 0.481. The van der Waals surface area contributed by atoms with Gasteiger partial charge >= 0.3 is 0 Å². The number of carbonyl (C=O) groups is 2. The summed E-state index contributed by atoms with van der Waals surface area (Å²) in [6, 6.07) is 8.45. The van der Waals surface area contributed by atoms with Crippen LogP contribution in [0.15, 0.2) is 35.4 Å². The molecule has 0 saturated carbocycles. The Balaban J connectivity index is 2.68. The summed E-state index contributed by atoms with van der Waals surface area (Å²) in [7, 11) is -3.41. The zero-order chi connectivity index (χ0) is 14.5. The second kappa shape index (κ2) is 6.24.